The molecular formula is C11H5Br2FOS. The summed E-state index contributed by atoms with van der Waals surface area (Å²) < 4.78 is 14.5. The van der Waals surface area contributed by atoms with E-state index in [1.165, 1.54) is 29.5 Å². The van der Waals surface area contributed by atoms with Crippen LogP contribution in [0.1, 0.15) is 15.2 Å². The molecule has 5 heteroatoms. The van der Waals surface area contributed by atoms with Crippen molar-refractivity contribution in [1.82, 2.24) is 0 Å². The number of rotatable bonds is 2. The van der Waals surface area contributed by atoms with Gasteiger partial charge in [-0.15, -0.1) is 11.3 Å². The van der Waals surface area contributed by atoms with E-state index in [0.717, 1.165) is 3.79 Å². The van der Waals surface area contributed by atoms with Crippen molar-refractivity contribution in [1.29, 1.82) is 0 Å². The van der Waals surface area contributed by atoms with Gasteiger partial charge in [0.05, 0.1) is 8.66 Å². The smallest absolute Gasteiger partial charge is 0.204 e. The SMILES string of the molecule is O=C(c1ccc(Br)s1)c1cc(F)ccc1Br. The highest BCUT2D eigenvalue weighted by atomic mass is 79.9. The van der Waals surface area contributed by atoms with Crippen molar-refractivity contribution < 1.29 is 9.18 Å². The van der Waals surface area contributed by atoms with Crippen LogP contribution in [0.5, 0.6) is 0 Å². The van der Waals surface area contributed by atoms with E-state index in [9.17, 15) is 9.18 Å². The first-order valence-electron chi connectivity index (χ1n) is 4.33. The molecule has 1 heterocycles. The fraction of sp³-hybridized carbons (Fsp3) is 0. The van der Waals surface area contributed by atoms with Gasteiger partial charge in [-0.1, -0.05) is 15.9 Å². The lowest BCUT2D eigenvalue weighted by atomic mass is 10.1. The molecular weight excluding hydrogens is 359 g/mol. The molecule has 0 fully saturated rings. The van der Waals surface area contributed by atoms with Crippen LogP contribution in [-0.2, 0) is 0 Å². The first kappa shape index (κ1) is 12.0. The molecule has 0 atom stereocenters. The van der Waals surface area contributed by atoms with Crippen molar-refractivity contribution in [2.75, 3.05) is 0 Å². The lowest BCUT2D eigenvalue weighted by Gasteiger charge is -2.01. The molecule has 2 aromatic rings. The second-order valence-corrected chi connectivity index (χ2v) is 6.37. The lowest BCUT2D eigenvalue weighted by Crippen LogP contribution is -2.00. The molecule has 2 rings (SSSR count). The summed E-state index contributed by atoms with van der Waals surface area (Å²) in [6.45, 7) is 0. The van der Waals surface area contributed by atoms with E-state index in [1.54, 1.807) is 12.1 Å². The summed E-state index contributed by atoms with van der Waals surface area (Å²) in [4.78, 5) is 12.6. The van der Waals surface area contributed by atoms with Crippen molar-refractivity contribution in [2.24, 2.45) is 0 Å². The van der Waals surface area contributed by atoms with Crippen LogP contribution in [0.4, 0.5) is 4.39 Å². The number of ketones is 1. The van der Waals surface area contributed by atoms with Gasteiger partial charge in [0, 0.05) is 10.0 Å². The minimum atomic E-state index is -0.415. The third-order valence-corrected chi connectivity index (χ3v) is 4.28. The van der Waals surface area contributed by atoms with Crippen LogP contribution < -0.4 is 0 Å². The molecule has 0 radical (unpaired) electrons. The predicted octanol–water partition coefficient (Wildman–Crippen LogP) is 4.64. The van der Waals surface area contributed by atoms with Gasteiger partial charge in [-0.2, -0.15) is 0 Å². The zero-order valence-corrected chi connectivity index (χ0v) is 11.8. The van der Waals surface area contributed by atoms with Gasteiger partial charge in [0.1, 0.15) is 5.82 Å². The summed E-state index contributed by atoms with van der Waals surface area (Å²) in [7, 11) is 0. The van der Waals surface area contributed by atoms with Crippen molar-refractivity contribution in [2.45, 2.75) is 0 Å². The molecule has 0 saturated heterocycles. The molecule has 0 bridgehead atoms. The van der Waals surface area contributed by atoms with E-state index in [2.05, 4.69) is 31.9 Å². The Morgan fingerprint density at radius 3 is 2.56 bits per heavy atom. The van der Waals surface area contributed by atoms with Crippen LogP contribution in [0.25, 0.3) is 0 Å². The molecule has 1 aromatic carbocycles. The zero-order chi connectivity index (χ0) is 11.7. The third-order valence-electron chi connectivity index (χ3n) is 1.97. The van der Waals surface area contributed by atoms with Gasteiger partial charge in [-0.25, -0.2) is 4.39 Å². The average Bonchev–Trinajstić information content (AvgIpc) is 2.67. The summed E-state index contributed by atoms with van der Waals surface area (Å²) in [5, 5.41) is 0. The van der Waals surface area contributed by atoms with E-state index in [1.807, 2.05) is 0 Å². The summed E-state index contributed by atoms with van der Waals surface area (Å²) >= 11 is 7.86. The third kappa shape index (κ3) is 2.42. The minimum Gasteiger partial charge on any atom is -0.288 e. The van der Waals surface area contributed by atoms with Crippen molar-refractivity contribution in [3.8, 4) is 0 Å². The van der Waals surface area contributed by atoms with E-state index in [-0.39, 0.29) is 5.78 Å². The number of thiophene rings is 1. The Morgan fingerprint density at radius 1 is 1.19 bits per heavy atom. The Morgan fingerprint density at radius 2 is 1.94 bits per heavy atom. The average molecular weight is 364 g/mol. The van der Waals surface area contributed by atoms with Crippen molar-refractivity contribution >= 4 is 49.0 Å². The van der Waals surface area contributed by atoms with E-state index >= 15 is 0 Å². The fourth-order valence-corrected chi connectivity index (χ4v) is 3.01. The standard InChI is InChI=1S/C11H5Br2FOS/c12-8-2-1-6(14)5-7(8)11(15)9-3-4-10(13)16-9/h1-5H. The normalized spacial score (nSPS) is 10.4. The van der Waals surface area contributed by atoms with Crippen molar-refractivity contribution in [3.05, 3.63) is 54.8 Å². The molecule has 1 nitrogen and oxygen atoms in total. The highest BCUT2D eigenvalue weighted by Gasteiger charge is 2.15. The maximum absolute atomic E-state index is 13.0. The Balaban J connectivity index is 2.45. The Kier molecular flexibility index (Phi) is 3.56. The van der Waals surface area contributed by atoms with Crippen LogP contribution in [-0.4, -0.2) is 5.78 Å². The van der Waals surface area contributed by atoms with Crippen LogP contribution >= 0.6 is 43.2 Å². The summed E-state index contributed by atoms with van der Waals surface area (Å²) in [5.74, 6) is -0.593. The topological polar surface area (TPSA) is 17.1 Å². The van der Waals surface area contributed by atoms with E-state index < -0.39 is 5.82 Å². The molecule has 0 unspecified atom stereocenters. The highest BCUT2D eigenvalue weighted by Crippen LogP contribution is 2.27. The van der Waals surface area contributed by atoms with Crippen LogP contribution in [0.2, 0.25) is 0 Å². The minimum absolute atomic E-state index is 0.179. The van der Waals surface area contributed by atoms with Crippen molar-refractivity contribution in [3.63, 3.8) is 0 Å². The Bertz CT molecular complexity index is 551. The zero-order valence-electron chi connectivity index (χ0n) is 7.84. The molecule has 82 valence electrons. The van der Waals surface area contributed by atoms with Gasteiger partial charge in [-0.05, 0) is 46.3 Å². The van der Waals surface area contributed by atoms with Gasteiger partial charge in [0.25, 0.3) is 0 Å². The quantitative estimate of drug-likeness (QED) is 0.710. The summed E-state index contributed by atoms with van der Waals surface area (Å²) in [6, 6.07) is 7.59. The monoisotopic (exact) mass is 362 g/mol. The Labute approximate surface area is 113 Å². The Hall–Kier alpha value is -0.520. The molecule has 0 aliphatic carbocycles. The van der Waals surface area contributed by atoms with Crippen LogP contribution in [0.3, 0.4) is 0 Å². The maximum Gasteiger partial charge on any atom is 0.204 e. The second kappa shape index (κ2) is 4.77. The first-order chi connectivity index (χ1) is 7.58. The predicted molar refractivity (Wildman–Crippen MR) is 69.6 cm³/mol. The molecule has 0 aliphatic rings. The largest absolute Gasteiger partial charge is 0.288 e. The number of carbonyl (C=O) groups excluding carboxylic acids is 1. The van der Waals surface area contributed by atoms with E-state index in [0.29, 0.717) is 14.9 Å². The van der Waals surface area contributed by atoms with Crippen LogP contribution in [0, 0.1) is 5.82 Å². The van der Waals surface area contributed by atoms with Gasteiger partial charge in [-0.3, -0.25) is 4.79 Å². The fourth-order valence-electron chi connectivity index (χ4n) is 1.24. The lowest BCUT2D eigenvalue weighted by molar-refractivity contribution is 0.104. The number of benzene rings is 1. The number of hydrogen-bond donors (Lipinski definition) is 0. The van der Waals surface area contributed by atoms with Gasteiger partial charge in [0.15, 0.2) is 0 Å². The molecule has 0 N–H and O–H groups in total. The van der Waals surface area contributed by atoms with Gasteiger partial charge < -0.3 is 0 Å². The summed E-state index contributed by atoms with van der Waals surface area (Å²) in [5.41, 5.74) is 0.342. The number of halogens is 3. The van der Waals surface area contributed by atoms with Gasteiger partial charge in [0.2, 0.25) is 5.78 Å². The number of carbonyl (C=O) groups is 1. The first-order valence-corrected chi connectivity index (χ1v) is 6.73. The highest BCUT2D eigenvalue weighted by molar-refractivity contribution is 9.11. The summed E-state index contributed by atoms with van der Waals surface area (Å²) in [6.07, 6.45) is 0. The maximum atomic E-state index is 13.0. The molecule has 0 amide bonds. The second-order valence-electron chi connectivity index (χ2n) is 3.06. The van der Waals surface area contributed by atoms with Crippen LogP contribution in [0.15, 0.2) is 38.6 Å². The molecule has 0 saturated carbocycles. The van der Waals surface area contributed by atoms with Gasteiger partial charge >= 0.3 is 0 Å². The number of hydrogen-bond acceptors (Lipinski definition) is 2. The molecule has 16 heavy (non-hydrogen) atoms. The molecule has 0 aliphatic heterocycles. The molecule has 0 spiro atoms. The molecule has 1 aromatic heterocycles. The van der Waals surface area contributed by atoms with E-state index in [4.69, 9.17) is 0 Å².